The standard InChI is InChI=1S/C14H14F3N3/c1-3-19-13-7-10(14(15,16)17)6-12(20-13)11-8-18-5-4-9(11)2/h4-8H,3H2,1-2H3,(H,19,20). The van der Waals surface area contributed by atoms with Gasteiger partial charge in [0.2, 0.25) is 0 Å². The first kappa shape index (κ1) is 14.3. The molecule has 0 radical (unpaired) electrons. The normalized spacial score (nSPS) is 11.4. The van der Waals surface area contributed by atoms with Crippen LogP contribution in [0, 0.1) is 6.92 Å². The number of rotatable bonds is 3. The highest BCUT2D eigenvalue weighted by Gasteiger charge is 2.31. The second-order valence-electron chi connectivity index (χ2n) is 4.34. The number of hydrogen-bond acceptors (Lipinski definition) is 3. The maximum atomic E-state index is 12.9. The quantitative estimate of drug-likeness (QED) is 0.927. The van der Waals surface area contributed by atoms with Crippen molar-refractivity contribution in [1.29, 1.82) is 0 Å². The smallest absolute Gasteiger partial charge is 0.370 e. The van der Waals surface area contributed by atoms with Gasteiger partial charge in [0, 0.05) is 24.5 Å². The average Bonchev–Trinajstić information content (AvgIpc) is 2.38. The van der Waals surface area contributed by atoms with Crippen molar-refractivity contribution in [3.8, 4) is 11.3 Å². The zero-order valence-corrected chi connectivity index (χ0v) is 11.1. The number of anilines is 1. The number of hydrogen-bond donors (Lipinski definition) is 1. The maximum absolute atomic E-state index is 12.9. The van der Waals surface area contributed by atoms with E-state index < -0.39 is 11.7 Å². The van der Waals surface area contributed by atoms with Crippen LogP contribution in [0.2, 0.25) is 0 Å². The summed E-state index contributed by atoms with van der Waals surface area (Å²) < 4.78 is 38.8. The van der Waals surface area contributed by atoms with Crippen molar-refractivity contribution in [2.24, 2.45) is 0 Å². The van der Waals surface area contributed by atoms with E-state index in [-0.39, 0.29) is 11.5 Å². The fourth-order valence-corrected chi connectivity index (χ4v) is 1.84. The van der Waals surface area contributed by atoms with E-state index in [0.717, 1.165) is 17.7 Å². The zero-order chi connectivity index (χ0) is 14.8. The molecule has 0 saturated heterocycles. The highest BCUT2D eigenvalue weighted by molar-refractivity contribution is 5.65. The lowest BCUT2D eigenvalue weighted by atomic mass is 10.1. The summed E-state index contributed by atoms with van der Waals surface area (Å²) in [5.74, 6) is 0.209. The Morgan fingerprint density at radius 2 is 2.00 bits per heavy atom. The van der Waals surface area contributed by atoms with Crippen LogP contribution in [0.3, 0.4) is 0 Å². The molecule has 2 aromatic heterocycles. The molecule has 0 aliphatic carbocycles. The first-order valence-electron chi connectivity index (χ1n) is 6.16. The molecule has 2 aromatic rings. The van der Waals surface area contributed by atoms with Crippen molar-refractivity contribution in [1.82, 2.24) is 9.97 Å². The number of nitrogens with zero attached hydrogens (tertiary/aromatic N) is 2. The molecule has 3 nitrogen and oxygen atoms in total. The summed E-state index contributed by atoms with van der Waals surface area (Å²) in [6.07, 6.45) is -1.29. The molecule has 2 rings (SSSR count). The number of pyridine rings is 2. The molecule has 2 heterocycles. The van der Waals surface area contributed by atoms with Crippen molar-refractivity contribution in [3.63, 3.8) is 0 Å². The Balaban J connectivity index is 2.58. The highest BCUT2D eigenvalue weighted by atomic mass is 19.4. The van der Waals surface area contributed by atoms with Crippen LogP contribution in [0.25, 0.3) is 11.3 Å². The molecule has 0 saturated carbocycles. The van der Waals surface area contributed by atoms with Gasteiger partial charge < -0.3 is 5.32 Å². The monoisotopic (exact) mass is 281 g/mol. The third-order valence-electron chi connectivity index (χ3n) is 2.83. The van der Waals surface area contributed by atoms with Crippen LogP contribution in [-0.4, -0.2) is 16.5 Å². The van der Waals surface area contributed by atoms with Crippen molar-refractivity contribution < 1.29 is 13.2 Å². The van der Waals surface area contributed by atoms with Crippen LogP contribution in [0.15, 0.2) is 30.6 Å². The molecule has 0 unspecified atom stereocenters. The van der Waals surface area contributed by atoms with Crippen LogP contribution in [0.5, 0.6) is 0 Å². The minimum absolute atomic E-state index is 0.209. The largest absolute Gasteiger partial charge is 0.416 e. The molecule has 1 N–H and O–H groups in total. The SMILES string of the molecule is CCNc1cc(C(F)(F)F)cc(-c2cnccc2C)n1. The van der Waals surface area contributed by atoms with Gasteiger partial charge in [0.15, 0.2) is 0 Å². The Hall–Kier alpha value is -2.11. The molecule has 0 amide bonds. The summed E-state index contributed by atoms with van der Waals surface area (Å²) in [4.78, 5) is 8.16. The van der Waals surface area contributed by atoms with Crippen LogP contribution in [-0.2, 0) is 6.18 Å². The predicted octanol–water partition coefficient (Wildman–Crippen LogP) is 3.90. The number of nitrogens with one attached hydrogen (secondary N) is 1. The minimum atomic E-state index is -4.40. The van der Waals surface area contributed by atoms with E-state index in [1.165, 1.54) is 6.20 Å². The Bertz CT molecular complexity index is 609. The topological polar surface area (TPSA) is 37.8 Å². The van der Waals surface area contributed by atoms with Gasteiger partial charge in [0.1, 0.15) is 5.82 Å². The van der Waals surface area contributed by atoms with Gasteiger partial charge in [-0.05, 0) is 37.6 Å². The maximum Gasteiger partial charge on any atom is 0.416 e. The number of aryl methyl sites for hydroxylation is 1. The Kier molecular flexibility index (Phi) is 3.92. The van der Waals surface area contributed by atoms with Crippen LogP contribution in [0.1, 0.15) is 18.1 Å². The summed E-state index contributed by atoms with van der Waals surface area (Å²) in [5.41, 5.74) is 0.968. The van der Waals surface area contributed by atoms with Crippen molar-refractivity contribution in [2.45, 2.75) is 20.0 Å². The molecule has 0 bridgehead atoms. The van der Waals surface area contributed by atoms with Crippen LogP contribution < -0.4 is 5.32 Å². The Morgan fingerprint density at radius 3 is 2.60 bits per heavy atom. The zero-order valence-electron chi connectivity index (χ0n) is 11.1. The van der Waals surface area contributed by atoms with E-state index in [4.69, 9.17) is 0 Å². The summed E-state index contributed by atoms with van der Waals surface area (Å²) >= 11 is 0. The first-order valence-corrected chi connectivity index (χ1v) is 6.16. The van der Waals surface area contributed by atoms with E-state index in [0.29, 0.717) is 12.1 Å². The summed E-state index contributed by atoms with van der Waals surface area (Å²) in [6, 6.07) is 3.80. The number of alkyl halides is 3. The number of aromatic nitrogens is 2. The molecule has 0 aliphatic rings. The molecular formula is C14H14F3N3. The molecule has 0 aromatic carbocycles. The number of halogens is 3. The van der Waals surface area contributed by atoms with E-state index in [9.17, 15) is 13.2 Å². The third-order valence-corrected chi connectivity index (χ3v) is 2.83. The predicted molar refractivity (Wildman–Crippen MR) is 71.4 cm³/mol. The minimum Gasteiger partial charge on any atom is -0.370 e. The Morgan fingerprint density at radius 1 is 1.25 bits per heavy atom. The van der Waals surface area contributed by atoms with Crippen LogP contribution >= 0.6 is 0 Å². The van der Waals surface area contributed by atoms with Gasteiger partial charge in [-0.3, -0.25) is 4.98 Å². The highest BCUT2D eigenvalue weighted by Crippen LogP contribution is 2.33. The molecule has 0 atom stereocenters. The first-order chi connectivity index (χ1) is 9.41. The van der Waals surface area contributed by atoms with Gasteiger partial charge in [0.05, 0.1) is 11.3 Å². The van der Waals surface area contributed by atoms with Gasteiger partial charge >= 0.3 is 6.18 Å². The van der Waals surface area contributed by atoms with E-state index >= 15 is 0 Å². The van der Waals surface area contributed by atoms with Crippen molar-refractivity contribution >= 4 is 5.82 Å². The molecule has 0 aliphatic heterocycles. The summed E-state index contributed by atoms with van der Waals surface area (Å²) in [5, 5.41) is 2.82. The molecule has 106 valence electrons. The molecule has 20 heavy (non-hydrogen) atoms. The second kappa shape index (κ2) is 5.48. The van der Waals surface area contributed by atoms with E-state index in [2.05, 4.69) is 15.3 Å². The molecule has 6 heteroatoms. The summed E-state index contributed by atoms with van der Waals surface area (Å²) in [6.45, 7) is 4.11. The lowest BCUT2D eigenvalue weighted by Crippen LogP contribution is -2.09. The summed E-state index contributed by atoms with van der Waals surface area (Å²) in [7, 11) is 0. The van der Waals surface area contributed by atoms with Crippen LogP contribution in [0.4, 0.5) is 19.0 Å². The van der Waals surface area contributed by atoms with Crippen molar-refractivity contribution in [3.05, 3.63) is 41.7 Å². The van der Waals surface area contributed by atoms with Gasteiger partial charge in [-0.15, -0.1) is 0 Å². The van der Waals surface area contributed by atoms with Crippen molar-refractivity contribution in [2.75, 3.05) is 11.9 Å². The van der Waals surface area contributed by atoms with E-state index in [1.54, 1.807) is 19.2 Å². The second-order valence-corrected chi connectivity index (χ2v) is 4.34. The van der Waals surface area contributed by atoms with Gasteiger partial charge in [-0.2, -0.15) is 13.2 Å². The van der Waals surface area contributed by atoms with Gasteiger partial charge in [-0.25, -0.2) is 4.98 Å². The fourth-order valence-electron chi connectivity index (χ4n) is 1.84. The fraction of sp³-hybridized carbons (Fsp3) is 0.286. The molecule has 0 fully saturated rings. The lowest BCUT2D eigenvalue weighted by molar-refractivity contribution is -0.137. The third kappa shape index (κ3) is 3.07. The Labute approximate surface area is 114 Å². The van der Waals surface area contributed by atoms with Gasteiger partial charge in [0.25, 0.3) is 0 Å². The lowest BCUT2D eigenvalue weighted by Gasteiger charge is -2.13. The van der Waals surface area contributed by atoms with Gasteiger partial charge in [-0.1, -0.05) is 0 Å². The van der Waals surface area contributed by atoms with E-state index in [1.807, 2.05) is 6.92 Å². The average molecular weight is 281 g/mol. The molecular weight excluding hydrogens is 267 g/mol. The molecule has 0 spiro atoms.